The number of aromatic nitrogens is 3. The van der Waals surface area contributed by atoms with Crippen molar-refractivity contribution in [3.05, 3.63) is 94.4 Å². The Labute approximate surface area is 268 Å². The van der Waals surface area contributed by atoms with Crippen molar-refractivity contribution >= 4 is 39.2 Å². The third-order valence-electron chi connectivity index (χ3n) is 9.08. The van der Waals surface area contributed by atoms with Crippen LogP contribution in [0.5, 0.6) is 5.75 Å². The molecule has 2 aromatic heterocycles. The Hall–Kier alpha value is -4.07. The number of carbonyl (C=O) groups excluding carboxylic acids is 1. The Morgan fingerprint density at radius 2 is 1.87 bits per heavy atom. The van der Waals surface area contributed by atoms with E-state index in [0.29, 0.717) is 42.8 Å². The monoisotopic (exact) mass is 623 g/mol. The normalized spacial score (nSPS) is 17.2. The molecule has 7 rings (SSSR count). The number of benzene rings is 3. The molecule has 3 aromatic carbocycles. The molecular formula is C37H38ClN3O4. The van der Waals surface area contributed by atoms with Crippen LogP contribution in [0.25, 0.3) is 32.8 Å². The number of carbonyl (C=O) groups is 1. The highest BCUT2D eigenvalue weighted by atomic mass is 35.5. The number of halogens is 1. The van der Waals surface area contributed by atoms with Crippen molar-refractivity contribution in [3.8, 4) is 16.9 Å². The summed E-state index contributed by atoms with van der Waals surface area (Å²) in [6.45, 7) is 5.67. The van der Waals surface area contributed by atoms with E-state index in [0.717, 1.165) is 74.8 Å². The van der Waals surface area contributed by atoms with Gasteiger partial charge in [0, 0.05) is 41.2 Å². The third kappa shape index (κ3) is 5.42. The molecule has 3 heterocycles. The van der Waals surface area contributed by atoms with Gasteiger partial charge in [-0.25, -0.2) is 4.79 Å². The maximum atomic E-state index is 13.7. The molecule has 0 amide bonds. The molecule has 0 N–H and O–H groups in total. The molecule has 45 heavy (non-hydrogen) atoms. The van der Waals surface area contributed by atoms with Crippen molar-refractivity contribution in [1.29, 1.82) is 0 Å². The summed E-state index contributed by atoms with van der Waals surface area (Å²) in [6.07, 6.45) is 7.59. The smallest absolute Gasteiger partial charge is 0.355 e. The first-order chi connectivity index (χ1) is 22.0. The second-order valence-electron chi connectivity index (χ2n) is 11.9. The SMILES string of the molecule is CCOC(=O)c1c(CCCOc2cccc3ccccc23)c2ccc(Cl)c3c2n1C/C=C\COC(C1CC1)c1nn(C)c(C)c1-3. The fourth-order valence-electron chi connectivity index (χ4n) is 6.74. The van der Waals surface area contributed by atoms with Crippen molar-refractivity contribution in [2.75, 3.05) is 19.8 Å². The molecule has 5 aromatic rings. The predicted molar refractivity (Wildman–Crippen MR) is 178 cm³/mol. The molecule has 0 bridgehead atoms. The van der Waals surface area contributed by atoms with Crippen molar-refractivity contribution in [2.45, 2.75) is 52.2 Å². The quantitative estimate of drug-likeness (QED) is 0.0986. The highest BCUT2D eigenvalue weighted by Gasteiger charge is 2.38. The van der Waals surface area contributed by atoms with Crippen LogP contribution in [0.15, 0.2) is 66.7 Å². The summed E-state index contributed by atoms with van der Waals surface area (Å²) in [5.74, 6) is 0.963. The molecular weight excluding hydrogens is 586 g/mol. The first-order valence-electron chi connectivity index (χ1n) is 15.9. The number of rotatable bonds is 8. The van der Waals surface area contributed by atoms with Gasteiger partial charge in [-0.1, -0.05) is 66.2 Å². The van der Waals surface area contributed by atoms with E-state index in [-0.39, 0.29) is 18.7 Å². The number of fused-ring (bicyclic) bond motifs is 3. The molecule has 8 heteroatoms. The molecule has 1 unspecified atom stereocenters. The summed E-state index contributed by atoms with van der Waals surface area (Å²) in [7, 11) is 1.97. The molecule has 1 atom stereocenters. The van der Waals surface area contributed by atoms with Crippen LogP contribution in [0.1, 0.15) is 59.7 Å². The van der Waals surface area contributed by atoms with E-state index in [1.165, 1.54) is 0 Å². The minimum absolute atomic E-state index is 0.118. The van der Waals surface area contributed by atoms with Gasteiger partial charge in [0.1, 0.15) is 17.5 Å². The van der Waals surface area contributed by atoms with Gasteiger partial charge in [0.15, 0.2) is 0 Å². The molecule has 0 saturated heterocycles. The average molecular weight is 624 g/mol. The number of aryl methyl sites for hydroxylation is 2. The zero-order valence-corrected chi connectivity index (χ0v) is 26.8. The van der Waals surface area contributed by atoms with Gasteiger partial charge in [-0.3, -0.25) is 4.68 Å². The average Bonchev–Trinajstić information content (AvgIpc) is 3.78. The molecule has 1 saturated carbocycles. The Kier molecular flexibility index (Phi) is 8.15. The summed E-state index contributed by atoms with van der Waals surface area (Å²) >= 11 is 7.12. The molecule has 0 spiro atoms. The van der Waals surface area contributed by atoms with Crippen LogP contribution in [-0.4, -0.2) is 40.1 Å². The third-order valence-corrected chi connectivity index (χ3v) is 9.40. The maximum absolute atomic E-state index is 13.7. The van der Waals surface area contributed by atoms with E-state index in [1.54, 1.807) is 0 Å². The van der Waals surface area contributed by atoms with Crippen molar-refractivity contribution in [3.63, 3.8) is 0 Å². The summed E-state index contributed by atoms with van der Waals surface area (Å²) in [5, 5.41) is 8.85. The highest BCUT2D eigenvalue weighted by molar-refractivity contribution is 6.35. The van der Waals surface area contributed by atoms with Crippen LogP contribution < -0.4 is 4.74 Å². The Morgan fingerprint density at radius 3 is 2.69 bits per heavy atom. The van der Waals surface area contributed by atoms with Crippen LogP contribution in [-0.2, 0) is 29.5 Å². The Morgan fingerprint density at radius 1 is 1.04 bits per heavy atom. The van der Waals surface area contributed by atoms with Gasteiger partial charge in [0.05, 0.1) is 36.1 Å². The number of esters is 1. The predicted octanol–water partition coefficient (Wildman–Crippen LogP) is 8.38. The van der Waals surface area contributed by atoms with Gasteiger partial charge in [-0.15, -0.1) is 0 Å². The van der Waals surface area contributed by atoms with E-state index < -0.39 is 0 Å². The largest absolute Gasteiger partial charge is 0.493 e. The van der Waals surface area contributed by atoms with E-state index in [4.69, 9.17) is 30.9 Å². The summed E-state index contributed by atoms with van der Waals surface area (Å²) in [6, 6.07) is 18.4. The lowest BCUT2D eigenvalue weighted by Crippen LogP contribution is -2.14. The van der Waals surface area contributed by atoms with Crippen molar-refractivity contribution in [2.24, 2.45) is 13.0 Å². The standard InChI is InChI=1S/C37H38ClN3O4/c1-4-43-37(42)35-27(14-10-22-44-30-15-9-12-24-11-5-6-13-26(24)30)28-18-19-29(38)32-31-23(2)40(3)39-33(31)36(25-16-17-25)45-21-8-7-20-41(35)34(28)32/h5-9,11-13,15,18-19,25,36H,4,10,14,16-17,20-22H2,1-3H3/b8-7-. The summed E-state index contributed by atoms with van der Waals surface area (Å²) in [4.78, 5) is 13.7. The minimum atomic E-state index is -0.334. The number of allylic oxidation sites excluding steroid dienone is 1. The lowest BCUT2D eigenvalue weighted by Gasteiger charge is -2.18. The molecule has 1 aliphatic heterocycles. The van der Waals surface area contributed by atoms with Gasteiger partial charge in [-0.2, -0.15) is 5.10 Å². The molecule has 7 nitrogen and oxygen atoms in total. The van der Waals surface area contributed by atoms with Gasteiger partial charge >= 0.3 is 5.97 Å². The van der Waals surface area contributed by atoms with Gasteiger partial charge in [-0.05, 0) is 68.5 Å². The Bertz CT molecular complexity index is 1930. The van der Waals surface area contributed by atoms with Crippen LogP contribution >= 0.6 is 11.6 Å². The molecule has 2 aliphatic rings. The first kappa shape index (κ1) is 29.6. The van der Waals surface area contributed by atoms with E-state index >= 15 is 0 Å². The lowest BCUT2D eigenvalue weighted by molar-refractivity contribution is 0.0513. The zero-order valence-electron chi connectivity index (χ0n) is 26.0. The lowest BCUT2D eigenvalue weighted by atomic mass is 9.95. The van der Waals surface area contributed by atoms with Crippen LogP contribution in [0.4, 0.5) is 0 Å². The van der Waals surface area contributed by atoms with Crippen LogP contribution in [0.3, 0.4) is 0 Å². The summed E-state index contributed by atoms with van der Waals surface area (Å²) < 4.78 is 22.4. The maximum Gasteiger partial charge on any atom is 0.355 e. The van der Waals surface area contributed by atoms with Crippen LogP contribution in [0, 0.1) is 12.8 Å². The second-order valence-corrected chi connectivity index (χ2v) is 12.3. The topological polar surface area (TPSA) is 67.5 Å². The van der Waals surface area contributed by atoms with Gasteiger partial charge in [0.25, 0.3) is 0 Å². The zero-order chi connectivity index (χ0) is 31.1. The van der Waals surface area contributed by atoms with E-state index in [9.17, 15) is 4.79 Å². The fourth-order valence-corrected chi connectivity index (χ4v) is 6.98. The number of hydrogen-bond donors (Lipinski definition) is 0. The number of hydrogen-bond acceptors (Lipinski definition) is 5. The summed E-state index contributed by atoms with van der Waals surface area (Å²) in [5.41, 5.74) is 6.25. The van der Waals surface area contributed by atoms with Crippen molar-refractivity contribution in [1.82, 2.24) is 14.3 Å². The molecule has 1 fully saturated rings. The van der Waals surface area contributed by atoms with Crippen molar-refractivity contribution < 1.29 is 19.0 Å². The number of nitrogens with zero attached hydrogens (tertiary/aromatic N) is 3. The Balaban J connectivity index is 1.35. The van der Waals surface area contributed by atoms with Crippen LogP contribution in [0.2, 0.25) is 5.02 Å². The van der Waals surface area contributed by atoms with Gasteiger partial charge < -0.3 is 18.8 Å². The van der Waals surface area contributed by atoms with E-state index in [2.05, 4.69) is 35.8 Å². The molecule has 0 radical (unpaired) electrons. The fraction of sp³-hybridized carbons (Fsp3) is 0.351. The molecule has 232 valence electrons. The second kappa shape index (κ2) is 12.4. The number of ether oxygens (including phenoxy) is 3. The molecule has 1 aliphatic carbocycles. The van der Waals surface area contributed by atoms with Gasteiger partial charge in [0.2, 0.25) is 0 Å². The minimum Gasteiger partial charge on any atom is -0.493 e. The highest BCUT2D eigenvalue weighted by Crippen LogP contribution is 2.49. The van der Waals surface area contributed by atoms with E-state index in [1.807, 2.05) is 61.1 Å². The first-order valence-corrected chi connectivity index (χ1v) is 16.3.